The van der Waals surface area contributed by atoms with Gasteiger partial charge in [-0.15, -0.1) is 0 Å². The number of carbonyl (C=O) groups is 1. The fourth-order valence-corrected chi connectivity index (χ4v) is 0.781. The Balaban J connectivity index is 3.03. The Morgan fingerprint density at radius 1 is 1.64 bits per heavy atom. The van der Waals surface area contributed by atoms with Crippen LogP contribution in [-0.2, 0) is 4.79 Å². The number of aliphatic carboxylic acids is 1. The number of rotatable bonds is 2. The molecular weight excluding hydrogens is 187 g/mol. The molecule has 0 fully saturated rings. The molecule has 0 unspecified atom stereocenters. The number of carboxylic acids is 1. The summed E-state index contributed by atoms with van der Waals surface area (Å²) in [5, 5.41) is 16.9. The third kappa shape index (κ3) is 2.38. The largest absolute Gasteiger partial charge is 0.477 e. The van der Waals surface area contributed by atoms with E-state index in [0.717, 1.165) is 18.3 Å². The average Bonchev–Trinajstić information content (AvgIpc) is 2.16. The van der Waals surface area contributed by atoms with Gasteiger partial charge in [0.1, 0.15) is 11.6 Å². The van der Waals surface area contributed by atoms with E-state index in [-0.39, 0.29) is 0 Å². The zero-order valence-corrected chi connectivity index (χ0v) is 6.94. The number of carboxylic acid groups (broad SMARTS) is 1. The van der Waals surface area contributed by atoms with Crippen molar-refractivity contribution in [2.75, 3.05) is 0 Å². The highest BCUT2D eigenvalue weighted by Crippen LogP contribution is 2.05. The molecule has 5 heteroatoms. The first kappa shape index (κ1) is 9.86. The first-order valence-corrected chi connectivity index (χ1v) is 3.60. The van der Waals surface area contributed by atoms with Gasteiger partial charge in [-0.05, 0) is 23.8 Å². The number of hydrogen-bond acceptors (Lipinski definition) is 3. The lowest BCUT2D eigenvalue weighted by Crippen LogP contribution is -1.97. The van der Waals surface area contributed by atoms with Crippen molar-refractivity contribution in [2.24, 2.45) is 0 Å². The molecule has 70 valence electrons. The maximum Gasteiger partial charge on any atom is 0.346 e. The zero-order chi connectivity index (χ0) is 10.6. The first-order valence-electron chi connectivity index (χ1n) is 3.60. The van der Waals surface area contributed by atoms with Crippen LogP contribution in [0.25, 0.3) is 6.08 Å². The summed E-state index contributed by atoms with van der Waals surface area (Å²) in [7, 11) is 0. The van der Waals surface area contributed by atoms with Gasteiger partial charge in [0.2, 0.25) is 5.95 Å². The third-order valence-electron chi connectivity index (χ3n) is 1.41. The smallest absolute Gasteiger partial charge is 0.346 e. The molecule has 0 aliphatic rings. The molecule has 1 N–H and O–H groups in total. The highest BCUT2D eigenvalue weighted by molar-refractivity contribution is 5.96. The van der Waals surface area contributed by atoms with Crippen LogP contribution >= 0.6 is 0 Å². The number of hydrogen-bond donors (Lipinski definition) is 1. The Kier molecular flexibility index (Phi) is 2.92. The van der Waals surface area contributed by atoms with Gasteiger partial charge < -0.3 is 5.11 Å². The molecule has 0 spiro atoms. The van der Waals surface area contributed by atoms with E-state index in [9.17, 15) is 9.18 Å². The minimum absolute atomic E-state index is 0.366. The number of aromatic nitrogens is 1. The van der Waals surface area contributed by atoms with E-state index in [1.807, 2.05) is 0 Å². The monoisotopic (exact) mass is 192 g/mol. The van der Waals surface area contributed by atoms with Crippen molar-refractivity contribution in [1.29, 1.82) is 5.26 Å². The van der Waals surface area contributed by atoms with Crippen LogP contribution in [0.2, 0.25) is 0 Å². The zero-order valence-electron chi connectivity index (χ0n) is 6.94. The van der Waals surface area contributed by atoms with Crippen LogP contribution in [0.5, 0.6) is 0 Å². The summed E-state index contributed by atoms with van der Waals surface area (Å²) in [6.45, 7) is 0. The number of pyridine rings is 1. The molecular formula is C9H5FN2O2. The standard InChI is InChI=1S/C9H5FN2O2/c10-8-2-1-6(5-12-8)3-7(4-11)9(13)14/h1-3,5H,(H,13,14)/b7-3+. The molecule has 0 saturated carbocycles. The lowest BCUT2D eigenvalue weighted by atomic mass is 10.2. The molecule has 1 heterocycles. The Morgan fingerprint density at radius 3 is 2.79 bits per heavy atom. The van der Waals surface area contributed by atoms with Crippen molar-refractivity contribution in [3.8, 4) is 6.07 Å². The summed E-state index contributed by atoms with van der Waals surface area (Å²) in [6.07, 6.45) is 2.27. The van der Waals surface area contributed by atoms with E-state index in [2.05, 4.69) is 4.98 Å². The van der Waals surface area contributed by atoms with E-state index < -0.39 is 17.5 Å². The third-order valence-corrected chi connectivity index (χ3v) is 1.41. The van der Waals surface area contributed by atoms with Gasteiger partial charge in [0.15, 0.2) is 0 Å². The minimum Gasteiger partial charge on any atom is -0.477 e. The second-order valence-corrected chi connectivity index (χ2v) is 2.39. The SMILES string of the molecule is N#C/C(=C\c1ccc(F)nc1)C(=O)O. The van der Waals surface area contributed by atoms with E-state index in [1.165, 1.54) is 12.1 Å². The molecule has 1 aromatic heterocycles. The maximum absolute atomic E-state index is 12.4. The fraction of sp³-hybridized carbons (Fsp3) is 0. The molecule has 14 heavy (non-hydrogen) atoms. The normalized spacial score (nSPS) is 10.7. The summed E-state index contributed by atoms with van der Waals surface area (Å²) >= 11 is 0. The first-order chi connectivity index (χ1) is 6.63. The molecule has 4 nitrogen and oxygen atoms in total. The Morgan fingerprint density at radius 2 is 2.36 bits per heavy atom. The summed E-state index contributed by atoms with van der Waals surface area (Å²) in [5.41, 5.74) is -0.0521. The second-order valence-electron chi connectivity index (χ2n) is 2.39. The van der Waals surface area contributed by atoms with Gasteiger partial charge in [-0.2, -0.15) is 9.65 Å². The highest BCUT2D eigenvalue weighted by atomic mass is 19.1. The second kappa shape index (κ2) is 4.14. The van der Waals surface area contributed by atoms with Gasteiger partial charge in [-0.3, -0.25) is 0 Å². The molecule has 0 aliphatic carbocycles. The molecule has 0 radical (unpaired) electrons. The lowest BCUT2D eigenvalue weighted by molar-refractivity contribution is -0.132. The van der Waals surface area contributed by atoms with Crippen molar-refractivity contribution in [3.63, 3.8) is 0 Å². The van der Waals surface area contributed by atoms with Crippen LogP contribution in [0.3, 0.4) is 0 Å². The number of nitrogens with zero attached hydrogens (tertiary/aromatic N) is 2. The molecule has 0 aliphatic heterocycles. The maximum atomic E-state index is 12.4. The van der Waals surface area contributed by atoms with Crippen molar-refractivity contribution < 1.29 is 14.3 Å². The van der Waals surface area contributed by atoms with Crippen LogP contribution in [0.15, 0.2) is 23.9 Å². The molecule has 1 rings (SSSR count). The number of halogens is 1. The molecule has 0 bridgehead atoms. The van der Waals surface area contributed by atoms with Gasteiger partial charge in [0, 0.05) is 6.20 Å². The summed E-state index contributed by atoms with van der Waals surface area (Å²) < 4.78 is 12.4. The van der Waals surface area contributed by atoms with Gasteiger partial charge >= 0.3 is 5.97 Å². The van der Waals surface area contributed by atoms with E-state index in [4.69, 9.17) is 10.4 Å². The lowest BCUT2D eigenvalue weighted by Gasteiger charge is -1.92. The van der Waals surface area contributed by atoms with Gasteiger partial charge in [0.05, 0.1) is 0 Å². The molecule has 1 aromatic rings. The predicted octanol–water partition coefficient (Wildman–Crippen LogP) is 1.21. The van der Waals surface area contributed by atoms with Crippen molar-refractivity contribution in [1.82, 2.24) is 4.98 Å². The van der Waals surface area contributed by atoms with Gasteiger partial charge in [-0.25, -0.2) is 9.78 Å². The average molecular weight is 192 g/mol. The van der Waals surface area contributed by atoms with Crippen LogP contribution in [0.1, 0.15) is 5.56 Å². The highest BCUT2D eigenvalue weighted by Gasteiger charge is 2.05. The van der Waals surface area contributed by atoms with E-state index in [1.54, 1.807) is 0 Å². The van der Waals surface area contributed by atoms with Crippen LogP contribution in [0.4, 0.5) is 4.39 Å². The Bertz CT molecular complexity index is 417. The minimum atomic E-state index is -1.32. The van der Waals surface area contributed by atoms with Crippen LogP contribution in [-0.4, -0.2) is 16.1 Å². The molecule has 0 saturated heterocycles. The molecule has 0 amide bonds. The summed E-state index contributed by atoms with van der Waals surface area (Å²) in [6, 6.07) is 3.93. The number of nitriles is 1. The van der Waals surface area contributed by atoms with Crippen LogP contribution < -0.4 is 0 Å². The van der Waals surface area contributed by atoms with Crippen molar-refractivity contribution in [2.45, 2.75) is 0 Å². The fourth-order valence-electron chi connectivity index (χ4n) is 0.781. The summed E-state index contributed by atoms with van der Waals surface area (Å²) in [4.78, 5) is 13.7. The topological polar surface area (TPSA) is 74.0 Å². The van der Waals surface area contributed by atoms with E-state index in [0.29, 0.717) is 5.56 Å². The van der Waals surface area contributed by atoms with Crippen molar-refractivity contribution >= 4 is 12.0 Å². The predicted molar refractivity (Wildman–Crippen MR) is 45.4 cm³/mol. The van der Waals surface area contributed by atoms with Gasteiger partial charge in [-0.1, -0.05) is 0 Å². The molecule has 0 aromatic carbocycles. The van der Waals surface area contributed by atoms with Crippen molar-refractivity contribution in [3.05, 3.63) is 35.4 Å². The van der Waals surface area contributed by atoms with E-state index >= 15 is 0 Å². The molecule has 0 atom stereocenters. The Labute approximate surface area is 78.9 Å². The summed E-state index contributed by atoms with van der Waals surface area (Å²) in [5.74, 6) is -1.98. The van der Waals surface area contributed by atoms with Gasteiger partial charge in [0.25, 0.3) is 0 Å². The van der Waals surface area contributed by atoms with Crippen LogP contribution in [0, 0.1) is 17.3 Å². The Hall–Kier alpha value is -2.22. The quantitative estimate of drug-likeness (QED) is 0.434.